The van der Waals surface area contributed by atoms with Gasteiger partial charge in [-0.2, -0.15) is 0 Å². The topological polar surface area (TPSA) is 55.2 Å². The molecule has 0 amide bonds. The molecule has 0 saturated heterocycles. The Morgan fingerprint density at radius 3 is 2.28 bits per heavy atom. The molecule has 0 heterocycles. The minimum atomic E-state index is -2.71. The first-order valence-electron chi connectivity index (χ1n) is 10.0. The average molecular weight is 407 g/mol. The number of halogens is 2. The zero-order chi connectivity index (χ0) is 22.2. The number of hydrogen-bond donors (Lipinski definition) is 1. The fraction of sp³-hybridized carbons (Fsp3) is 0.478. The summed E-state index contributed by atoms with van der Waals surface area (Å²) in [6, 6.07) is 9.34. The molecule has 1 saturated carbocycles. The highest BCUT2D eigenvalue weighted by Gasteiger charge is 2.54. The summed E-state index contributed by atoms with van der Waals surface area (Å²) < 4.78 is 26.7. The highest BCUT2D eigenvalue weighted by Crippen LogP contribution is 2.46. The monoisotopic (exact) mass is 406 g/mol. The summed E-state index contributed by atoms with van der Waals surface area (Å²) in [5.41, 5.74) is 0.934. The summed E-state index contributed by atoms with van der Waals surface area (Å²) in [5, 5.41) is 14.8. The standard InChI is InChI=1S/C21H26F2N2O2.C2H6/c1-5-15(2)19(24-20(4)13-21(22,23)14-20)18(25(26)27)12-11-16(3)17-9-7-6-8-10-17;1-2/h6-12,15,24H,3,5,13-14H2,1-2,4H3;1-2H3/b12-11-,19-18-;. The normalized spacial score (nSPS) is 18.6. The number of benzene rings is 1. The molecule has 0 aliphatic heterocycles. The van der Waals surface area contributed by atoms with Gasteiger partial charge in [0.2, 0.25) is 0 Å². The minimum Gasteiger partial charge on any atom is -0.377 e. The van der Waals surface area contributed by atoms with Crippen LogP contribution in [-0.4, -0.2) is 16.4 Å². The van der Waals surface area contributed by atoms with Gasteiger partial charge < -0.3 is 5.32 Å². The molecule has 0 bridgehead atoms. The first-order chi connectivity index (χ1) is 13.6. The lowest BCUT2D eigenvalue weighted by molar-refractivity contribution is -0.421. The van der Waals surface area contributed by atoms with Crippen molar-refractivity contribution in [1.82, 2.24) is 5.32 Å². The molecule has 29 heavy (non-hydrogen) atoms. The van der Waals surface area contributed by atoms with E-state index in [1.165, 1.54) is 6.08 Å². The van der Waals surface area contributed by atoms with Crippen molar-refractivity contribution < 1.29 is 13.7 Å². The van der Waals surface area contributed by atoms with Crippen LogP contribution < -0.4 is 5.32 Å². The molecular formula is C23H32F2N2O2. The van der Waals surface area contributed by atoms with E-state index in [1.807, 2.05) is 58.0 Å². The van der Waals surface area contributed by atoms with E-state index in [0.717, 1.165) is 5.56 Å². The summed E-state index contributed by atoms with van der Waals surface area (Å²) >= 11 is 0. The number of hydrogen-bond acceptors (Lipinski definition) is 3. The number of rotatable bonds is 8. The molecule has 0 spiro atoms. The fourth-order valence-corrected chi connectivity index (χ4v) is 3.32. The van der Waals surface area contributed by atoms with Gasteiger partial charge in [-0.25, -0.2) is 8.78 Å². The maximum Gasteiger partial charge on any atom is 0.288 e. The van der Waals surface area contributed by atoms with Gasteiger partial charge in [0, 0.05) is 30.4 Å². The van der Waals surface area contributed by atoms with Gasteiger partial charge in [-0.1, -0.05) is 64.6 Å². The maximum atomic E-state index is 13.4. The van der Waals surface area contributed by atoms with Crippen LogP contribution in [0.2, 0.25) is 0 Å². The predicted octanol–water partition coefficient (Wildman–Crippen LogP) is 6.59. The first-order valence-corrected chi connectivity index (χ1v) is 10.0. The quantitative estimate of drug-likeness (QED) is 0.301. The highest BCUT2D eigenvalue weighted by atomic mass is 19.3. The summed E-state index contributed by atoms with van der Waals surface area (Å²) in [6.07, 6.45) is 3.00. The summed E-state index contributed by atoms with van der Waals surface area (Å²) in [4.78, 5) is 11.2. The molecular weight excluding hydrogens is 374 g/mol. The SMILES string of the molecule is C=C(/C=C\C(=C(\NC1(C)CC(F)(F)C1)C(C)CC)[N+](=O)[O-])c1ccccc1.CC. The molecule has 0 radical (unpaired) electrons. The van der Waals surface area contributed by atoms with Crippen molar-refractivity contribution in [2.24, 2.45) is 5.92 Å². The van der Waals surface area contributed by atoms with E-state index >= 15 is 0 Å². The first kappa shape index (κ1) is 24.5. The molecule has 1 aromatic carbocycles. The Morgan fingerprint density at radius 2 is 1.83 bits per heavy atom. The summed E-state index contributed by atoms with van der Waals surface area (Å²) in [7, 11) is 0. The lowest BCUT2D eigenvalue weighted by Gasteiger charge is -2.46. The Bertz CT molecular complexity index is 762. The lowest BCUT2D eigenvalue weighted by Crippen LogP contribution is -2.59. The van der Waals surface area contributed by atoms with Gasteiger partial charge in [0.15, 0.2) is 0 Å². The van der Waals surface area contributed by atoms with Gasteiger partial charge in [0.1, 0.15) is 0 Å². The zero-order valence-corrected chi connectivity index (χ0v) is 18.0. The van der Waals surface area contributed by atoms with E-state index < -0.39 is 16.4 Å². The van der Waals surface area contributed by atoms with Gasteiger partial charge in [-0.15, -0.1) is 0 Å². The van der Waals surface area contributed by atoms with Crippen LogP contribution >= 0.6 is 0 Å². The van der Waals surface area contributed by atoms with Gasteiger partial charge in [-0.3, -0.25) is 10.1 Å². The van der Waals surface area contributed by atoms with E-state index in [4.69, 9.17) is 0 Å². The van der Waals surface area contributed by atoms with Crippen LogP contribution in [0.15, 0.2) is 60.5 Å². The van der Waals surface area contributed by atoms with Crippen molar-refractivity contribution in [3.05, 3.63) is 76.1 Å². The molecule has 1 aliphatic carbocycles. The van der Waals surface area contributed by atoms with E-state index in [0.29, 0.717) is 17.7 Å². The molecule has 1 aliphatic rings. The second kappa shape index (κ2) is 10.3. The Labute approximate surface area is 172 Å². The molecule has 1 unspecified atom stereocenters. The summed E-state index contributed by atoms with van der Waals surface area (Å²) in [6.45, 7) is 13.4. The minimum absolute atomic E-state index is 0.113. The van der Waals surface area contributed by atoms with E-state index in [1.54, 1.807) is 13.0 Å². The maximum absolute atomic E-state index is 13.4. The van der Waals surface area contributed by atoms with Gasteiger partial charge in [0.05, 0.1) is 10.6 Å². The van der Waals surface area contributed by atoms with E-state index in [9.17, 15) is 18.9 Å². The third kappa shape index (κ3) is 6.80. The smallest absolute Gasteiger partial charge is 0.288 e. The van der Waals surface area contributed by atoms with Gasteiger partial charge in [0.25, 0.3) is 11.6 Å². The molecule has 1 aromatic rings. The van der Waals surface area contributed by atoms with Crippen LogP contribution in [0.5, 0.6) is 0 Å². The van der Waals surface area contributed by atoms with Crippen molar-refractivity contribution in [2.45, 2.75) is 65.3 Å². The molecule has 1 atom stereocenters. The van der Waals surface area contributed by atoms with E-state index in [-0.39, 0.29) is 24.5 Å². The van der Waals surface area contributed by atoms with Crippen molar-refractivity contribution >= 4 is 5.57 Å². The van der Waals surface area contributed by atoms with Crippen LogP contribution in [0.1, 0.15) is 59.4 Å². The lowest BCUT2D eigenvalue weighted by atomic mass is 9.74. The zero-order valence-electron chi connectivity index (χ0n) is 18.0. The third-order valence-electron chi connectivity index (χ3n) is 4.90. The Morgan fingerprint density at radius 1 is 1.28 bits per heavy atom. The van der Waals surface area contributed by atoms with Gasteiger partial charge >= 0.3 is 0 Å². The second-order valence-electron chi connectivity index (χ2n) is 7.49. The second-order valence-corrected chi connectivity index (χ2v) is 7.49. The van der Waals surface area contributed by atoms with E-state index in [2.05, 4.69) is 11.9 Å². The molecule has 1 N–H and O–H groups in total. The van der Waals surface area contributed by atoms with Crippen molar-refractivity contribution in [3.8, 4) is 0 Å². The van der Waals surface area contributed by atoms with Crippen LogP contribution in [0, 0.1) is 16.0 Å². The van der Waals surface area contributed by atoms with Crippen LogP contribution in [-0.2, 0) is 0 Å². The highest BCUT2D eigenvalue weighted by molar-refractivity contribution is 5.72. The number of nitro groups is 1. The van der Waals surface area contributed by atoms with Crippen LogP contribution in [0.25, 0.3) is 5.57 Å². The Kier molecular flexibility index (Phi) is 8.74. The van der Waals surface area contributed by atoms with Crippen molar-refractivity contribution in [1.29, 1.82) is 0 Å². The molecule has 6 heteroatoms. The predicted molar refractivity (Wildman–Crippen MR) is 115 cm³/mol. The van der Waals surface area contributed by atoms with Gasteiger partial charge in [-0.05, 0) is 30.6 Å². The number of allylic oxidation sites excluding steroid dienone is 4. The Balaban J connectivity index is 0.00000204. The van der Waals surface area contributed by atoms with Crippen LogP contribution in [0.4, 0.5) is 8.78 Å². The third-order valence-corrected chi connectivity index (χ3v) is 4.90. The number of alkyl halides is 2. The molecule has 1 fully saturated rings. The molecule has 0 aromatic heterocycles. The van der Waals surface area contributed by atoms with Crippen LogP contribution in [0.3, 0.4) is 0 Å². The van der Waals surface area contributed by atoms with Crippen molar-refractivity contribution in [2.75, 3.05) is 0 Å². The molecule has 160 valence electrons. The summed E-state index contributed by atoms with van der Waals surface area (Å²) in [5.74, 6) is -2.87. The largest absolute Gasteiger partial charge is 0.377 e. The molecule has 4 nitrogen and oxygen atoms in total. The number of nitrogens with zero attached hydrogens (tertiary/aromatic N) is 1. The van der Waals surface area contributed by atoms with Crippen molar-refractivity contribution in [3.63, 3.8) is 0 Å². The molecule has 2 rings (SSSR count). The average Bonchev–Trinajstić information content (AvgIpc) is 2.66. The fourth-order valence-electron chi connectivity index (χ4n) is 3.32. The Hall–Kier alpha value is -2.50. The number of nitrogens with one attached hydrogen (secondary N) is 1.